The van der Waals surface area contributed by atoms with Crippen molar-refractivity contribution in [2.24, 2.45) is 29.6 Å². The van der Waals surface area contributed by atoms with E-state index in [9.17, 15) is 19.2 Å². The van der Waals surface area contributed by atoms with Crippen LogP contribution in [0.15, 0.2) is 40.2 Å². The summed E-state index contributed by atoms with van der Waals surface area (Å²) in [5.74, 6) is -1.81. The summed E-state index contributed by atoms with van der Waals surface area (Å²) in [6, 6.07) is 10.1. The van der Waals surface area contributed by atoms with Crippen molar-refractivity contribution < 1.29 is 19.5 Å². The molecule has 4 aliphatic rings. The van der Waals surface area contributed by atoms with Crippen molar-refractivity contribution in [1.29, 1.82) is 0 Å². The third kappa shape index (κ3) is 2.65. The van der Waals surface area contributed by atoms with Gasteiger partial charge in [0, 0.05) is 22.6 Å². The number of likely N-dealkylation sites (tertiary alicyclic amines) is 1. The number of rotatable bonds is 4. The van der Waals surface area contributed by atoms with E-state index in [0.717, 1.165) is 21.9 Å². The third-order valence-electron chi connectivity index (χ3n) is 7.52. The van der Waals surface area contributed by atoms with Gasteiger partial charge in [-0.15, -0.1) is 11.8 Å². The number of carboxylic acid groups (broad SMARTS) is 1. The van der Waals surface area contributed by atoms with Crippen LogP contribution in [0.25, 0.3) is 0 Å². The maximum Gasteiger partial charge on any atom is 0.305 e. The smallest absolute Gasteiger partial charge is 0.305 e. The molecule has 7 atom stereocenters. The quantitative estimate of drug-likeness (QED) is 0.684. The standard InChI is InChI=1S/C22H20N2O5S2/c25-12(26)6-7-24-20(27)15-10-8-11(16(15)21(24)28)17-14(10)13(9-4-2-1-3-5-9)18-19(30-17)23-22(29)31-18/h1-5,10-11,13-17H,6-8H2,(H,23,29)(H,25,26)/t10-,11-,13-,14-,15+,16-,17+/m1/s1. The Morgan fingerprint density at radius 3 is 2.52 bits per heavy atom. The highest BCUT2D eigenvalue weighted by Gasteiger charge is 2.69. The second-order valence-corrected chi connectivity index (χ2v) is 11.0. The van der Waals surface area contributed by atoms with E-state index in [1.165, 1.54) is 16.2 Å². The maximum absolute atomic E-state index is 13.2. The number of imide groups is 1. The van der Waals surface area contributed by atoms with Crippen LogP contribution in [-0.2, 0) is 14.4 Å². The first-order chi connectivity index (χ1) is 15.0. The Morgan fingerprint density at radius 2 is 1.81 bits per heavy atom. The average molecular weight is 457 g/mol. The lowest BCUT2D eigenvalue weighted by atomic mass is 9.68. The summed E-state index contributed by atoms with van der Waals surface area (Å²) in [4.78, 5) is 54.7. The fraction of sp³-hybridized carbons (Fsp3) is 0.455. The summed E-state index contributed by atoms with van der Waals surface area (Å²) in [7, 11) is 0. The van der Waals surface area contributed by atoms with Gasteiger partial charge in [0.05, 0.1) is 23.3 Å². The number of thioether (sulfide) groups is 1. The average Bonchev–Trinajstić information content (AvgIpc) is 3.46. The molecule has 1 saturated heterocycles. The molecule has 2 amide bonds. The monoisotopic (exact) mass is 456 g/mol. The molecule has 2 aromatic rings. The van der Waals surface area contributed by atoms with E-state index in [4.69, 9.17) is 5.11 Å². The van der Waals surface area contributed by atoms with Crippen LogP contribution in [0.1, 0.15) is 29.2 Å². The van der Waals surface area contributed by atoms with Crippen molar-refractivity contribution >= 4 is 40.9 Å². The lowest BCUT2D eigenvalue weighted by Crippen LogP contribution is -2.42. The molecule has 160 valence electrons. The normalized spacial score (nSPS) is 35.2. The Hall–Kier alpha value is -2.39. The highest BCUT2D eigenvalue weighted by Crippen LogP contribution is 2.68. The molecule has 1 aromatic carbocycles. The highest BCUT2D eigenvalue weighted by atomic mass is 32.2. The number of H-pyrrole nitrogens is 1. The molecule has 31 heavy (non-hydrogen) atoms. The van der Waals surface area contributed by atoms with Gasteiger partial charge in [0.15, 0.2) is 0 Å². The van der Waals surface area contributed by atoms with Gasteiger partial charge in [0.25, 0.3) is 0 Å². The van der Waals surface area contributed by atoms with Crippen LogP contribution in [-0.4, -0.2) is 44.6 Å². The van der Waals surface area contributed by atoms with Crippen LogP contribution in [0.2, 0.25) is 0 Å². The molecule has 1 aromatic heterocycles. The molecule has 0 spiro atoms. The topological polar surface area (TPSA) is 108 Å². The first-order valence-corrected chi connectivity index (χ1v) is 12.2. The summed E-state index contributed by atoms with van der Waals surface area (Å²) >= 11 is 2.91. The minimum absolute atomic E-state index is 0.0262. The minimum Gasteiger partial charge on any atom is -0.481 e. The van der Waals surface area contributed by atoms with Crippen LogP contribution in [0.5, 0.6) is 0 Å². The van der Waals surface area contributed by atoms with E-state index < -0.39 is 5.97 Å². The zero-order chi connectivity index (χ0) is 21.4. The SMILES string of the molecule is O=C(O)CCN1C(=O)[C@@H]2[C@H]3C[C@@H]([C@@H]2C1=O)[C@@H]1[C@@H](c2ccccc2)c2sc(=O)[nH]c2S[C@@H]31. The Bertz CT molecular complexity index is 1160. The third-order valence-corrected chi connectivity index (χ3v) is 10.1. The summed E-state index contributed by atoms with van der Waals surface area (Å²) in [5.41, 5.74) is 1.14. The van der Waals surface area contributed by atoms with Crippen LogP contribution in [0.3, 0.4) is 0 Å². The van der Waals surface area contributed by atoms with E-state index in [0.29, 0.717) is 0 Å². The zero-order valence-electron chi connectivity index (χ0n) is 16.4. The van der Waals surface area contributed by atoms with Gasteiger partial charge in [-0.2, -0.15) is 0 Å². The number of carbonyl (C=O) groups excluding carboxylic acids is 2. The number of carbonyl (C=O) groups is 3. The lowest BCUT2D eigenvalue weighted by molar-refractivity contribution is -0.142. The fourth-order valence-electron chi connectivity index (χ4n) is 6.54. The number of fused-ring (bicyclic) bond motifs is 9. The molecule has 0 radical (unpaired) electrons. The van der Waals surface area contributed by atoms with Crippen LogP contribution >= 0.6 is 23.1 Å². The number of aliphatic carboxylic acids is 1. The second kappa shape index (κ2) is 6.80. The molecule has 7 nitrogen and oxygen atoms in total. The number of thiazole rings is 1. The molecule has 6 rings (SSSR count). The second-order valence-electron chi connectivity index (χ2n) is 8.84. The maximum atomic E-state index is 13.2. The van der Waals surface area contributed by atoms with Crippen LogP contribution < -0.4 is 4.87 Å². The van der Waals surface area contributed by atoms with Crippen molar-refractivity contribution in [1.82, 2.24) is 9.88 Å². The van der Waals surface area contributed by atoms with Gasteiger partial charge in [-0.3, -0.25) is 24.1 Å². The first-order valence-electron chi connectivity index (χ1n) is 10.5. The summed E-state index contributed by atoms with van der Waals surface area (Å²) in [6.07, 6.45) is 0.615. The largest absolute Gasteiger partial charge is 0.481 e. The summed E-state index contributed by atoms with van der Waals surface area (Å²) in [5, 5.41) is 10.1. The Balaban J connectivity index is 1.41. The molecule has 3 heterocycles. The Labute approximate surface area is 185 Å². The van der Waals surface area contributed by atoms with E-state index in [2.05, 4.69) is 17.1 Å². The van der Waals surface area contributed by atoms with Gasteiger partial charge < -0.3 is 10.1 Å². The van der Waals surface area contributed by atoms with E-state index >= 15 is 0 Å². The molecule has 3 fully saturated rings. The summed E-state index contributed by atoms with van der Waals surface area (Å²) < 4.78 is 0. The van der Waals surface area contributed by atoms with Crippen molar-refractivity contribution in [2.45, 2.75) is 29.0 Å². The molecule has 2 aliphatic carbocycles. The van der Waals surface area contributed by atoms with Crippen molar-refractivity contribution in [3.05, 3.63) is 50.4 Å². The Morgan fingerprint density at radius 1 is 1.10 bits per heavy atom. The number of aromatic amines is 1. The van der Waals surface area contributed by atoms with Crippen molar-refractivity contribution in [2.75, 3.05) is 6.54 Å². The predicted octanol–water partition coefficient (Wildman–Crippen LogP) is 2.38. The van der Waals surface area contributed by atoms with Gasteiger partial charge >= 0.3 is 10.8 Å². The fourth-order valence-corrected chi connectivity index (χ4v) is 9.43. The molecule has 9 heteroatoms. The number of benzene rings is 1. The highest BCUT2D eigenvalue weighted by molar-refractivity contribution is 8.00. The number of nitrogens with zero attached hydrogens (tertiary/aromatic N) is 1. The molecule has 2 aliphatic heterocycles. The molecule has 2 bridgehead atoms. The van der Waals surface area contributed by atoms with E-state index in [1.54, 1.807) is 11.8 Å². The van der Waals surface area contributed by atoms with E-state index in [1.807, 2.05) is 18.2 Å². The zero-order valence-corrected chi connectivity index (χ0v) is 18.0. The lowest BCUT2D eigenvalue weighted by Gasteiger charge is -2.43. The van der Waals surface area contributed by atoms with Crippen LogP contribution in [0.4, 0.5) is 0 Å². The van der Waals surface area contributed by atoms with Gasteiger partial charge in [-0.1, -0.05) is 41.7 Å². The van der Waals surface area contributed by atoms with Crippen molar-refractivity contribution in [3.63, 3.8) is 0 Å². The van der Waals surface area contributed by atoms with Gasteiger partial charge in [0.1, 0.15) is 0 Å². The number of hydrogen-bond acceptors (Lipinski definition) is 6. The first kappa shape index (κ1) is 19.3. The Kier molecular flexibility index (Phi) is 4.24. The van der Waals surface area contributed by atoms with Gasteiger partial charge in [-0.05, 0) is 29.7 Å². The number of hydrogen-bond donors (Lipinski definition) is 2. The van der Waals surface area contributed by atoms with Crippen molar-refractivity contribution in [3.8, 4) is 0 Å². The molecule has 2 N–H and O–H groups in total. The van der Waals surface area contributed by atoms with E-state index in [-0.39, 0.29) is 70.4 Å². The number of amides is 2. The molecular formula is C22H20N2O5S2. The number of aromatic nitrogens is 1. The minimum atomic E-state index is -1.01. The predicted molar refractivity (Wildman–Crippen MR) is 114 cm³/mol. The van der Waals surface area contributed by atoms with Gasteiger partial charge in [0.2, 0.25) is 11.8 Å². The molecule has 0 unspecified atom stereocenters. The molecule has 2 saturated carbocycles. The van der Waals surface area contributed by atoms with Crippen LogP contribution in [0, 0.1) is 29.6 Å². The van der Waals surface area contributed by atoms with Gasteiger partial charge in [-0.25, -0.2) is 0 Å². The number of carboxylic acids is 1. The summed E-state index contributed by atoms with van der Waals surface area (Å²) in [6.45, 7) is -0.0509. The molecular weight excluding hydrogens is 436 g/mol. The number of nitrogens with one attached hydrogen (secondary N) is 1.